The lowest BCUT2D eigenvalue weighted by Crippen LogP contribution is -2.31. The van der Waals surface area contributed by atoms with Crippen molar-refractivity contribution in [2.75, 3.05) is 9.80 Å². The molecule has 4 atom stereocenters. The third kappa shape index (κ3) is 5.88. The molecular weight excluding hydrogens is 817 g/mol. The van der Waals surface area contributed by atoms with Gasteiger partial charge in [0, 0.05) is 46.1 Å². The Bertz CT molecular complexity index is 3110. The molecule has 4 heterocycles. The summed E-state index contributed by atoms with van der Waals surface area (Å²) in [4.78, 5) is 86.5. The Balaban J connectivity index is 0.750. The van der Waals surface area contributed by atoms with Gasteiger partial charge in [-0.1, -0.05) is 72.8 Å². The normalized spacial score (nSPS) is 19.9. The largest absolute Gasteiger partial charge is 0.457 e. The summed E-state index contributed by atoms with van der Waals surface area (Å²) in [6.07, 6.45) is 1.24. The first-order valence-electron chi connectivity index (χ1n) is 21.8. The Kier molecular flexibility index (Phi) is 8.71. The number of imide groups is 2. The number of ether oxygens (including phenoxy) is 1. The van der Waals surface area contributed by atoms with Gasteiger partial charge in [-0.15, -0.1) is 0 Å². The number of aromatic nitrogens is 2. The zero-order valence-corrected chi connectivity index (χ0v) is 34.8. The van der Waals surface area contributed by atoms with Crippen molar-refractivity contribution in [3.63, 3.8) is 0 Å². The zero-order valence-electron chi connectivity index (χ0n) is 34.8. The Morgan fingerprint density at radius 1 is 0.400 bits per heavy atom. The van der Waals surface area contributed by atoms with Crippen LogP contribution in [0.25, 0.3) is 21.8 Å². The molecule has 0 spiro atoms. The molecule has 0 radical (unpaired) electrons. The SMILES string of the molecule is O=C1C2Cc3c(n(C(=O)c4ccccc4)c4ccccc34)CC2C(=O)N1c1ccc(Oc2ccc(N3C(=O)[C@H]4Cc5c(c6ccccc6n5C(=O)c5ccccc5)C[C@H]4C3=O)cc2)cc1. The maximum Gasteiger partial charge on any atom is 0.262 e. The fourth-order valence-electron chi connectivity index (χ4n) is 10.8. The third-order valence-electron chi connectivity index (χ3n) is 13.8. The quantitative estimate of drug-likeness (QED) is 0.153. The van der Waals surface area contributed by atoms with Gasteiger partial charge in [0.15, 0.2) is 0 Å². The number of fused-ring (bicyclic) bond motifs is 8. The molecule has 0 saturated carbocycles. The molecule has 6 aromatic carbocycles. The summed E-state index contributed by atoms with van der Waals surface area (Å²) in [6, 6.07) is 47.0. The highest BCUT2D eigenvalue weighted by molar-refractivity contribution is 6.23. The second-order valence-corrected chi connectivity index (χ2v) is 17.3. The van der Waals surface area contributed by atoms with E-state index in [-0.39, 0.29) is 48.3 Å². The summed E-state index contributed by atoms with van der Waals surface area (Å²) >= 11 is 0. The van der Waals surface area contributed by atoms with Gasteiger partial charge < -0.3 is 4.74 Å². The fourth-order valence-corrected chi connectivity index (χ4v) is 10.8. The number of carbonyl (C=O) groups is 6. The predicted octanol–water partition coefficient (Wildman–Crippen LogP) is 8.57. The maximum atomic E-state index is 14.1. The smallest absolute Gasteiger partial charge is 0.262 e. The number of para-hydroxylation sites is 2. The van der Waals surface area contributed by atoms with E-state index in [1.807, 2.05) is 84.9 Å². The van der Waals surface area contributed by atoms with E-state index in [1.165, 1.54) is 9.80 Å². The number of hydrogen-bond acceptors (Lipinski definition) is 7. The van der Waals surface area contributed by atoms with Crippen LogP contribution in [0.4, 0.5) is 11.4 Å². The molecule has 2 aliphatic heterocycles. The molecule has 0 bridgehead atoms. The van der Waals surface area contributed by atoms with Gasteiger partial charge >= 0.3 is 0 Å². The molecule has 8 aromatic rings. The van der Waals surface area contributed by atoms with Crippen LogP contribution in [0.15, 0.2) is 158 Å². The summed E-state index contributed by atoms with van der Waals surface area (Å²) in [7, 11) is 0. The minimum Gasteiger partial charge on any atom is -0.457 e. The van der Waals surface area contributed by atoms with Crippen LogP contribution in [0, 0.1) is 23.7 Å². The number of hydrogen-bond donors (Lipinski definition) is 0. The van der Waals surface area contributed by atoms with E-state index in [2.05, 4.69) is 0 Å². The van der Waals surface area contributed by atoms with Gasteiger partial charge in [0.2, 0.25) is 23.6 Å². The van der Waals surface area contributed by atoms with Crippen molar-refractivity contribution in [2.45, 2.75) is 25.7 Å². The Morgan fingerprint density at radius 2 is 0.738 bits per heavy atom. The lowest BCUT2D eigenvalue weighted by atomic mass is 9.79. The first kappa shape index (κ1) is 38.5. The average Bonchev–Trinajstić information content (AvgIpc) is 4.01. The monoisotopic (exact) mass is 854 g/mol. The zero-order chi connectivity index (χ0) is 44.1. The van der Waals surface area contributed by atoms with Crippen molar-refractivity contribution >= 4 is 68.6 Å². The van der Waals surface area contributed by atoms with Gasteiger partial charge in [-0.25, -0.2) is 0 Å². The van der Waals surface area contributed by atoms with Crippen molar-refractivity contribution in [3.05, 3.63) is 191 Å². The van der Waals surface area contributed by atoms with E-state index in [1.54, 1.807) is 81.9 Å². The van der Waals surface area contributed by atoms with Crippen LogP contribution < -0.4 is 14.5 Å². The van der Waals surface area contributed by atoms with Gasteiger partial charge in [0.05, 0.1) is 46.1 Å². The molecule has 2 aliphatic carbocycles. The number of amides is 4. The first-order chi connectivity index (χ1) is 31.7. The van der Waals surface area contributed by atoms with E-state index in [0.29, 0.717) is 46.8 Å². The van der Waals surface area contributed by atoms with E-state index in [9.17, 15) is 28.8 Å². The molecule has 12 rings (SSSR count). The second-order valence-electron chi connectivity index (χ2n) is 17.3. The van der Waals surface area contributed by atoms with Gasteiger partial charge in [-0.05, 0) is 109 Å². The van der Waals surface area contributed by atoms with E-state index in [0.717, 1.165) is 44.3 Å². The van der Waals surface area contributed by atoms with Gasteiger partial charge in [0.1, 0.15) is 11.5 Å². The summed E-state index contributed by atoms with van der Waals surface area (Å²) in [6.45, 7) is 0. The summed E-state index contributed by atoms with van der Waals surface area (Å²) < 4.78 is 9.59. The number of anilines is 2. The van der Waals surface area contributed by atoms with Gasteiger partial charge in [-0.2, -0.15) is 0 Å². The molecule has 0 N–H and O–H groups in total. The number of carbonyl (C=O) groups excluding carboxylic acids is 6. The third-order valence-corrected chi connectivity index (χ3v) is 13.8. The molecular formula is C54H38N4O7. The minimum absolute atomic E-state index is 0.172. The average molecular weight is 855 g/mol. The molecule has 11 heteroatoms. The van der Waals surface area contributed by atoms with E-state index >= 15 is 0 Å². The van der Waals surface area contributed by atoms with Crippen LogP contribution in [0.2, 0.25) is 0 Å². The lowest BCUT2D eigenvalue weighted by Gasteiger charge is -2.23. The molecule has 4 amide bonds. The molecule has 2 saturated heterocycles. The lowest BCUT2D eigenvalue weighted by molar-refractivity contribution is -0.124. The first-order valence-corrected chi connectivity index (χ1v) is 21.8. The summed E-state index contributed by atoms with van der Waals surface area (Å²) in [5.74, 6) is -2.89. The molecule has 65 heavy (non-hydrogen) atoms. The summed E-state index contributed by atoms with van der Waals surface area (Å²) in [5.41, 5.74) is 6.87. The second kappa shape index (κ2) is 14.7. The van der Waals surface area contributed by atoms with Crippen LogP contribution in [-0.4, -0.2) is 44.6 Å². The highest BCUT2D eigenvalue weighted by Gasteiger charge is 2.53. The van der Waals surface area contributed by atoms with Crippen LogP contribution >= 0.6 is 0 Å². The fraction of sp³-hybridized carbons (Fsp3) is 0.148. The van der Waals surface area contributed by atoms with Crippen LogP contribution in [0.5, 0.6) is 11.5 Å². The predicted molar refractivity (Wildman–Crippen MR) is 243 cm³/mol. The highest BCUT2D eigenvalue weighted by Crippen LogP contribution is 2.45. The minimum atomic E-state index is -0.609. The Labute approximate surface area is 372 Å². The van der Waals surface area contributed by atoms with Gasteiger partial charge in [0.25, 0.3) is 11.8 Å². The Hall–Kier alpha value is -8.18. The highest BCUT2D eigenvalue weighted by atomic mass is 16.5. The summed E-state index contributed by atoms with van der Waals surface area (Å²) in [5, 5.41) is 1.82. The van der Waals surface area contributed by atoms with Crippen molar-refractivity contribution in [1.29, 1.82) is 0 Å². The Morgan fingerprint density at radius 3 is 1.12 bits per heavy atom. The van der Waals surface area contributed by atoms with E-state index in [4.69, 9.17) is 4.74 Å². The van der Waals surface area contributed by atoms with E-state index < -0.39 is 23.7 Å². The molecule has 316 valence electrons. The van der Waals surface area contributed by atoms with Crippen LogP contribution in [0.3, 0.4) is 0 Å². The van der Waals surface area contributed by atoms with Crippen molar-refractivity contribution < 1.29 is 33.5 Å². The van der Waals surface area contributed by atoms with Crippen molar-refractivity contribution in [2.24, 2.45) is 23.7 Å². The molecule has 2 unspecified atom stereocenters. The van der Waals surface area contributed by atoms with Crippen molar-refractivity contribution in [1.82, 2.24) is 9.13 Å². The van der Waals surface area contributed by atoms with Gasteiger partial charge in [-0.3, -0.25) is 47.7 Å². The molecule has 2 aromatic heterocycles. The molecule has 2 fully saturated rings. The van der Waals surface area contributed by atoms with Crippen LogP contribution in [-0.2, 0) is 44.9 Å². The topological polar surface area (TPSA) is 128 Å². The number of benzene rings is 6. The molecule has 11 nitrogen and oxygen atoms in total. The number of rotatable bonds is 6. The van der Waals surface area contributed by atoms with Crippen molar-refractivity contribution in [3.8, 4) is 11.5 Å². The number of nitrogens with zero attached hydrogens (tertiary/aromatic N) is 4. The standard InChI is InChI=1S/C54H38N4O7/c59-49(31-11-3-1-4-12-31)57-45-17-9-7-15-37(45)39-27-41-43(29-47(39)57)53(63)55(51(41)61)33-19-23-35(24-20-33)65-36-25-21-34(22-26-36)56-52(62)42-28-40-38-16-8-10-18-46(38)58(48(40)30-44(42)54(56)64)50(60)32-13-5-2-6-14-32/h1-26,41-44H,27-30H2/t41-,42?,43+,44?/m1/s1. The molecule has 4 aliphatic rings. The maximum absolute atomic E-state index is 14.1. The van der Waals surface area contributed by atoms with Crippen LogP contribution in [0.1, 0.15) is 43.2 Å².